The number of halogens is 4. The smallest absolute Gasteiger partial charge is 0.0717 e. The van der Waals surface area contributed by atoms with E-state index in [-0.39, 0.29) is 0 Å². The quantitative estimate of drug-likeness (QED) is 0.0366. The topological polar surface area (TPSA) is 130 Å². The minimum Gasteiger partial charge on any atom is -0.382 e. The summed E-state index contributed by atoms with van der Waals surface area (Å²) in [5.74, 6) is 7.81. The number of fused-ring (bicyclic) bond motifs is 18. The van der Waals surface area contributed by atoms with Gasteiger partial charge in [0.1, 0.15) is 0 Å². The van der Waals surface area contributed by atoms with Crippen molar-refractivity contribution in [1.29, 1.82) is 0 Å². The molecule has 12 heterocycles. The lowest BCUT2D eigenvalue weighted by atomic mass is 9.75. The van der Waals surface area contributed by atoms with Crippen molar-refractivity contribution in [2.45, 2.75) is 179 Å². The van der Waals surface area contributed by atoms with Gasteiger partial charge in [0.25, 0.3) is 0 Å². The van der Waals surface area contributed by atoms with Crippen LogP contribution in [-0.2, 0) is 64.3 Å². The summed E-state index contributed by atoms with van der Waals surface area (Å²) in [6, 6.07) is 0. The van der Waals surface area contributed by atoms with Crippen molar-refractivity contribution in [3.8, 4) is 0 Å². The van der Waals surface area contributed by atoms with Crippen LogP contribution < -0.4 is 0 Å². The second-order valence-electron chi connectivity index (χ2n) is 31.0. The molecule has 10 aliphatic rings. The Kier molecular flexibility index (Phi) is 46.5. The van der Waals surface area contributed by atoms with Gasteiger partial charge in [-0.15, -0.1) is 94.1 Å². The van der Waals surface area contributed by atoms with Crippen LogP contribution in [0, 0.1) is 0 Å². The van der Waals surface area contributed by atoms with Crippen molar-refractivity contribution >= 4 is 346 Å². The molecule has 8 bridgehead atoms. The molecule has 1 aliphatic carbocycles. The molecule has 0 unspecified atom stereocenters. The Balaban J connectivity index is 0.936. The maximum atomic E-state index is 6.19. The van der Waals surface area contributed by atoms with E-state index >= 15 is 0 Å². The van der Waals surface area contributed by atoms with Crippen LogP contribution in [0.4, 0.5) is 0 Å². The van der Waals surface area contributed by atoms with Crippen LogP contribution in [0.1, 0.15) is 162 Å². The summed E-state index contributed by atoms with van der Waals surface area (Å²) in [4.78, 5) is 24.6. The van der Waals surface area contributed by atoms with E-state index in [1.807, 2.05) is 259 Å². The van der Waals surface area contributed by atoms with E-state index in [1.54, 1.807) is 7.11 Å². The van der Waals surface area contributed by atoms with Crippen LogP contribution in [0.15, 0.2) is 118 Å². The Morgan fingerprint density at radius 3 is 0.688 bits per heavy atom. The molecule has 0 amide bonds. The molecule has 3 N–H and O–H groups in total. The fraction of sp³-hybridized carbons (Fsp3) is 0.624. The Hall–Kier alpha value is 5.20. The SMILES string of the molecule is CCCOCCOCCSC1=C(SCCCBr)SC(=C2Sc3c4[nH]c(c3S2)C(C)(C)c2[nH]c(c3c2S/C(=C2\SC(SCCCBr)=C(SCCOCCOCCC)S2)S3)C(C)(C)C2=C3SC(=C5SC(SCCCBr)=C(SCCOCCOCCOC)S5)SC3=C(C2)C(C)(C)c2[nH]c(c3c2S/C(=C2\SC(SCCCBr)=C(SCCOCCOCCC)S2)S3)C4(C)C)S1. The van der Waals surface area contributed by atoms with Crippen LogP contribution in [0.3, 0.4) is 0 Å². The van der Waals surface area contributed by atoms with Gasteiger partial charge in [-0.2, -0.15) is 0 Å². The molecular formula is C85H113Br4N3O9S24. The van der Waals surface area contributed by atoms with Gasteiger partial charge in [-0.3, -0.25) is 0 Å². The number of aromatic nitrogens is 3. The van der Waals surface area contributed by atoms with E-state index in [9.17, 15) is 0 Å². The van der Waals surface area contributed by atoms with Crippen LogP contribution in [0.5, 0.6) is 0 Å². The summed E-state index contributed by atoms with van der Waals surface area (Å²) in [5.41, 5.74) is 8.70. The zero-order valence-corrected chi connectivity index (χ0v) is 98.6. The van der Waals surface area contributed by atoms with E-state index in [2.05, 4.69) is 178 Å². The number of methoxy groups -OCH3 is 1. The number of ether oxygens (including phenoxy) is 9. The van der Waals surface area contributed by atoms with Crippen molar-refractivity contribution in [3.63, 3.8) is 0 Å². The van der Waals surface area contributed by atoms with Gasteiger partial charge >= 0.3 is 0 Å². The standard InChI is InChI=1S/C85H113Br4N3O9S24/c1-13-24-94-29-33-98-37-45-107-71-67(103-42-17-21-87)119-79(123-71)75-112-54-56(114-75)62-84(8,9)64-58-59(117-77(116-58)81-121-69(105-44-19-23-89)73(125-81)109-47-39-100-35-31-96-26-15-3)65(92-64)85(10,11)63-57-55(113-76(115-57)80-120-68(104-43-18-22-88)72(124-80)108-46-38-99-34-30-95-25-14-2)61(91-63)83(6,7)51-49-50(82(4,5)60(54)90-62)52-53(51)111-74(110-52)78-118-66(102-41-16-20-86)70(122-78)106-48-40-101-36-32-97-28-27-93-12/h90-92H,13-49H2,1-12H3/b78-74?,79-75-,80-76+,81-77?. The summed E-state index contributed by atoms with van der Waals surface area (Å²) in [6.45, 7) is 38.0. The number of H-pyrrole nitrogens is 3. The zero-order valence-electron chi connectivity index (χ0n) is 72.6. The number of aromatic amines is 3. The van der Waals surface area contributed by atoms with Gasteiger partial charge in [0, 0.05) is 166 Å². The summed E-state index contributed by atoms with van der Waals surface area (Å²) in [7, 11) is 1.71. The Bertz CT molecular complexity index is 4360. The lowest BCUT2D eigenvalue weighted by Gasteiger charge is -2.33. The third kappa shape index (κ3) is 27.8. The maximum absolute atomic E-state index is 6.19. The van der Waals surface area contributed by atoms with Crippen molar-refractivity contribution in [2.24, 2.45) is 0 Å². The molecule has 694 valence electrons. The van der Waals surface area contributed by atoms with Gasteiger partial charge in [-0.1, -0.05) is 300 Å². The highest BCUT2D eigenvalue weighted by Crippen LogP contribution is 2.75. The number of nitrogens with one attached hydrogen (secondary N) is 3. The number of hydrogen-bond donors (Lipinski definition) is 3. The van der Waals surface area contributed by atoms with E-state index in [4.69, 9.17) is 42.6 Å². The minimum absolute atomic E-state index is 0.459. The summed E-state index contributed by atoms with van der Waals surface area (Å²) in [5, 5.41) is 3.95. The number of hydrogen-bond acceptors (Lipinski definition) is 33. The van der Waals surface area contributed by atoms with Gasteiger partial charge in [0.15, 0.2) is 0 Å². The molecule has 1 saturated heterocycles. The normalized spacial score (nSPS) is 21.8. The van der Waals surface area contributed by atoms with Crippen molar-refractivity contribution in [2.75, 3.05) is 187 Å². The molecule has 0 spiro atoms. The molecule has 0 radical (unpaired) electrons. The first-order valence-electron chi connectivity index (χ1n) is 42.2. The third-order valence-electron chi connectivity index (χ3n) is 20.3. The van der Waals surface area contributed by atoms with Gasteiger partial charge < -0.3 is 57.6 Å². The molecule has 1 fully saturated rings. The van der Waals surface area contributed by atoms with Crippen LogP contribution >= 0.6 is 346 Å². The third-order valence-corrected chi connectivity index (χ3v) is 57.6. The molecule has 13 rings (SSSR count). The first-order chi connectivity index (χ1) is 60.7. The molecule has 9 aliphatic heterocycles. The molecule has 0 aromatic carbocycles. The van der Waals surface area contributed by atoms with Crippen LogP contribution in [-0.4, -0.2) is 202 Å². The van der Waals surface area contributed by atoms with E-state index in [0.29, 0.717) is 92.5 Å². The molecule has 0 atom stereocenters. The molecular weight excluding hydrogens is 2300 g/mol. The Morgan fingerprint density at radius 2 is 0.456 bits per heavy atom. The predicted molar refractivity (Wildman–Crippen MR) is 601 cm³/mol. The molecule has 12 nitrogen and oxygen atoms in total. The average Bonchev–Trinajstić information content (AvgIpc) is 1.53. The van der Waals surface area contributed by atoms with Gasteiger partial charge in [0.05, 0.1) is 160 Å². The fourth-order valence-electron chi connectivity index (χ4n) is 13.8. The largest absolute Gasteiger partial charge is 0.382 e. The van der Waals surface area contributed by atoms with Gasteiger partial charge in [0.2, 0.25) is 0 Å². The predicted octanol–water partition coefficient (Wildman–Crippen LogP) is 32.8. The van der Waals surface area contributed by atoms with E-state index in [0.717, 1.165) is 139 Å². The Morgan fingerprint density at radius 1 is 0.256 bits per heavy atom. The summed E-state index contributed by atoms with van der Waals surface area (Å²) >= 11 is 63.2. The lowest BCUT2D eigenvalue weighted by Crippen LogP contribution is -2.28. The molecule has 125 heavy (non-hydrogen) atoms. The highest BCUT2D eigenvalue weighted by atomic mass is 79.9. The van der Waals surface area contributed by atoms with Crippen LogP contribution in [0.25, 0.3) is 0 Å². The highest BCUT2D eigenvalue weighted by Gasteiger charge is 2.53. The highest BCUT2D eigenvalue weighted by molar-refractivity contribution is 9.09. The van der Waals surface area contributed by atoms with Crippen LogP contribution in [0.2, 0.25) is 0 Å². The number of rotatable bonds is 53. The van der Waals surface area contributed by atoms with E-state index in [1.165, 1.54) is 152 Å². The van der Waals surface area contributed by atoms with Crippen molar-refractivity contribution in [1.82, 2.24) is 15.0 Å². The zero-order chi connectivity index (χ0) is 88.1. The molecule has 0 saturated carbocycles. The molecule has 3 aromatic rings. The summed E-state index contributed by atoms with van der Waals surface area (Å²) < 4.78 is 75.5. The summed E-state index contributed by atoms with van der Waals surface area (Å²) in [6.07, 6.45) is 8.33. The second-order valence-corrected chi connectivity index (χ2v) is 63.5. The van der Waals surface area contributed by atoms with Crippen molar-refractivity contribution in [3.05, 3.63) is 123 Å². The number of allylic oxidation sites excluding steroid dienone is 2. The maximum Gasteiger partial charge on any atom is 0.0717 e. The van der Waals surface area contributed by atoms with Gasteiger partial charge in [-0.25, -0.2) is 0 Å². The monoisotopic (exact) mass is 2400 g/mol. The molecule has 40 heteroatoms. The fourth-order valence-corrected chi connectivity index (χ4v) is 52.9. The average molecular weight is 2410 g/mol. The first kappa shape index (κ1) is 107. The van der Waals surface area contributed by atoms with E-state index < -0.39 is 21.7 Å². The Labute approximate surface area is 879 Å². The number of alkyl halides is 4. The number of thioether (sulfide) groups is 24. The second kappa shape index (κ2) is 54.1. The molecule has 3 aromatic heterocycles. The van der Waals surface area contributed by atoms with Gasteiger partial charge in [-0.05, 0) is 113 Å². The minimum atomic E-state index is -0.547. The lowest BCUT2D eigenvalue weighted by molar-refractivity contribution is 0.0286. The first-order valence-corrected chi connectivity index (χ1v) is 67.6. The van der Waals surface area contributed by atoms with Crippen molar-refractivity contribution < 1.29 is 42.6 Å².